The summed E-state index contributed by atoms with van der Waals surface area (Å²) in [5, 5.41) is 0. The molecule has 6 nitrogen and oxygen atoms in total. The van der Waals surface area contributed by atoms with Gasteiger partial charge in [0.1, 0.15) is 5.60 Å². The maximum absolute atomic E-state index is 12.3. The molecule has 25 heavy (non-hydrogen) atoms. The molecule has 3 rings (SSSR count). The van der Waals surface area contributed by atoms with Gasteiger partial charge in [0.25, 0.3) is 0 Å². The lowest BCUT2D eigenvalue weighted by Crippen LogP contribution is -2.40. The van der Waals surface area contributed by atoms with Crippen LogP contribution in [0.4, 0.5) is 4.79 Å². The van der Waals surface area contributed by atoms with Crippen LogP contribution in [0.2, 0.25) is 0 Å². The first kappa shape index (κ1) is 17.2. The molecule has 0 atom stereocenters. The Labute approximate surface area is 147 Å². The van der Waals surface area contributed by atoms with Crippen molar-refractivity contribution in [3.8, 4) is 17.3 Å². The lowest BCUT2D eigenvalue weighted by molar-refractivity contribution is 0.0221. The number of nitrogens with zero attached hydrogens (tertiary/aromatic N) is 3. The minimum Gasteiger partial charge on any atom is -0.481 e. The fourth-order valence-electron chi connectivity index (χ4n) is 2.75. The summed E-state index contributed by atoms with van der Waals surface area (Å²) in [5.41, 5.74) is 2.19. The molecule has 0 spiro atoms. The van der Waals surface area contributed by atoms with Crippen molar-refractivity contribution in [3.63, 3.8) is 0 Å². The molecule has 0 aliphatic carbocycles. The van der Waals surface area contributed by atoms with Crippen molar-refractivity contribution in [2.45, 2.75) is 39.3 Å². The van der Waals surface area contributed by atoms with Crippen LogP contribution in [0.3, 0.4) is 0 Å². The molecule has 6 heteroatoms. The molecule has 1 aromatic heterocycles. The summed E-state index contributed by atoms with van der Waals surface area (Å²) in [6, 6.07) is 9.80. The highest BCUT2D eigenvalue weighted by atomic mass is 16.6. The van der Waals surface area contributed by atoms with Crippen LogP contribution in [0, 0.1) is 0 Å². The molecular weight excluding hydrogens is 318 g/mol. The summed E-state index contributed by atoms with van der Waals surface area (Å²) in [5.74, 6) is 1.15. The van der Waals surface area contributed by atoms with E-state index in [0.717, 1.165) is 16.8 Å². The van der Waals surface area contributed by atoms with Crippen LogP contribution < -0.4 is 4.74 Å². The quantitative estimate of drug-likeness (QED) is 0.837. The van der Waals surface area contributed by atoms with E-state index >= 15 is 0 Å². The summed E-state index contributed by atoms with van der Waals surface area (Å²) >= 11 is 0. The fraction of sp³-hybridized carbons (Fsp3) is 0.421. The van der Waals surface area contributed by atoms with Gasteiger partial charge < -0.3 is 14.4 Å². The van der Waals surface area contributed by atoms with Crippen LogP contribution in [-0.4, -0.2) is 40.2 Å². The minimum atomic E-state index is -0.519. The third kappa shape index (κ3) is 3.90. The molecule has 132 valence electrons. The second-order valence-electron chi connectivity index (χ2n) is 7.00. The predicted molar refractivity (Wildman–Crippen MR) is 94.4 cm³/mol. The Morgan fingerprint density at radius 1 is 1.16 bits per heavy atom. The number of aromatic nitrogens is 2. The molecule has 0 bridgehead atoms. The zero-order valence-electron chi connectivity index (χ0n) is 15.1. The first-order chi connectivity index (χ1) is 11.9. The first-order valence-corrected chi connectivity index (χ1v) is 8.34. The molecule has 1 aromatic carbocycles. The van der Waals surface area contributed by atoms with Crippen molar-refractivity contribution in [1.82, 2.24) is 14.9 Å². The highest BCUT2D eigenvalue weighted by molar-refractivity contribution is 5.69. The van der Waals surface area contributed by atoms with Gasteiger partial charge in [-0.3, -0.25) is 0 Å². The molecule has 0 radical (unpaired) electrons. The maximum Gasteiger partial charge on any atom is 0.410 e. The average molecular weight is 341 g/mol. The number of amides is 1. The number of rotatable bonds is 2. The van der Waals surface area contributed by atoms with Gasteiger partial charge >= 0.3 is 6.09 Å². The monoisotopic (exact) mass is 341 g/mol. The molecule has 2 heterocycles. The number of carbonyl (C=O) groups excluding carboxylic acids is 1. The van der Waals surface area contributed by atoms with E-state index in [0.29, 0.717) is 31.2 Å². The Balaban J connectivity index is 1.89. The Morgan fingerprint density at radius 2 is 1.88 bits per heavy atom. The number of hydrogen-bond donors (Lipinski definition) is 0. The zero-order valence-corrected chi connectivity index (χ0v) is 15.1. The normalized spacial score (nSPS) is 14.0. The number of hydrogen-bond acceptors (Lipinski definition) is 5. The molecule has 0 saturated carbocycles. The van der Waals surface area contributed by atoms with Gasteiger partial charge in [0, 0.05) is 18.5 Å². The largest absolute Gasteiger partial charge is 0.481 e. The van der Waals surface area contributed by atoms with E-state index in [1.165, 1.54) is 0 Å². The van der Waals surface area contributed by atoms with E-state index < -0.39 is 5.60 Å². The second-order valence-corrected chi connectivity index (χ2v) is 7.00. The molecule has 0 N–H and O–H groups in total. The Morgan fingerprint density at radius 3 is 2.52 bits per heavy atom. The number of fused-ring (bicyclic) bond motifs is 1. The van der Waals surface area contributed by atoms with Gasteiger partial charge in [-0.2, -0.15) is 4.98 Å². The van der Waals surface area contributed by atoms with Crippen molar-refractivity contribution in [1.29, 1.82) is 0 Å². The van der Waals surface area contributed by atoms with Gasteiger partial charge in [-0.05, 0) is 20.8 Å². The van der Waals surface area contributed by atoms with E-state index in [-0.39, 0.29) is 6.09 Å². The van der Waals surface area contributed by atoms with E-state index in [4.69, 9.17) is 14.5 Å². The molecule has 0 saturated heterocycles. The van der Waals surface area contributed by atoms with Crippen molar-refractivity contribution in [3.05, 3.63) is 41.6 Å². The predicted octanol–water partition coefficient (Wildman–Crippen LogP) is 3.45. The lowest BCUT2D eigenvalue weighted by Gasteiger charge is -2.31. The van der Waals surface area contributed by atoms with Gasteiger partial charge in [-0.1, -0.05) is 30.3 Å². The molecule has 2 aromatic rings. The Kier molecular flexibility index (Phi) is 4.61. The van der Waals surface area contributed by atoms with Crippen molar-refractivity contribution >= 4 is 6.09 Å². The van der Waals surface area contributed by atoms with Gasteiger partial charge in [-0.25, -0.2) is 9.78 Å². The SMILES string of the molecule is COc1nc(-c2ccccc2)nc2c1CN(C(=O)OC(C)(C)C)CC2. The van der Waals surface area contributed by atoms with Crippen molar-refractivity contribution < 1.29 is 14.3 Å². The standard InChI is InChI=1S/C19H23N3O3/c1-19(2,3)25-18(23)22-11-10-15-14(12-22)17(24-4)21-16(20-15)13-8-6-5-7-9-13/h5-9H,10-12H2,1-4H3. The number of benzene rings is 1. The van der Waals surface area contributed by atoms with Gasteiger partial charge in [0.15, 0.2) is 5.82 Å². The molecule has 1 aliphatic heterocycles. The van der Waals surface area contributed by atoms with Crippen LogP contribution in [0.1, 0.15) is 32.0 Å². The Bertz CT molecular complexity index is 752. The number of methoxy groups -OCH3 is 1. The smallest absolute Gasteiger partial charge is 0.410 e. The lowest BCUT2D eigenvalue weighted by atomic mass is 10.1. The topological polar surface area (TPSA) is 64.6 Å². The summed E-state index contributed by atoms with van der Waals surface area (Å²) in [7, 11) is 1.59. The third-order valence-corrected chi connectivity index (χ3v) is 3.90. The number of carbonyl (C=O) groups is 1. The molecule has 1 aliphatic rings. The summed E-state index contributed by atoms with van der Waals surface area (Å²) in [4.78, 5) is 23.2. The van der Waals surface area contributed by atoms with E-state index in [1.54, 1.807) is 12.0 Å². The van der Waals surface area contributed by atoms with Gasteiger partial charge in [0.05, 0.1) is 24.9 Å². The third-order valence-electron chi connectivity index (χ3n) is 3.90. The minimum absolute atomic E-state index is 0.327. The van der Waals surface area contributed by atoms with Gasteiger partial charge in [0.2, 0.25) is 5.88 Å². The van der Waals surface area contributed by atoms with E-state index in [2.05, 4.69) is 4.98 Å². The van der Waals surface area contributed by atoms with Crippen LogP contribution in [0.15, 0.2) is 30.3 Å². The zero-order chi connectivity index (χ0) is 18.0. The Hall–Kier alpha value is -2.63. The maximum atomic E-state index is 12.3. The van der Waals surface area contributed by atoms with Crippen molar-refractivity contribution in [2.24, 2.45) is 0 Å². The van der Waals surface area contributed by atoms with Crippen LogP contribution in [0.5, 0.6) is 5.88 Å². The highest BCUT2D eigenvalue weighted by Crippen LogP contribution is 2.29. The van der Waals surface area contributed by atoms with E-state index in [9.17, 15) is 4.79 Å². The summed E-state index contributed by atoms with van der Waals surface area (Å²) in [6.07, 6.45) is 0.320. The number of ether oxygens (including phenoxy) is 2. The molecule has 1 amide bonds. The van der Waals surface area contributed by atoms with Crippen LogP contribution in [0.25, 0.3) is 11.4 Å². The van der Waals surface area contributed by atoms with Crippen LogP contribution >= 0.6 is 0 Å². The van der Waals surface area contributed by atoms with Crippen molar-refractivity contribution in [2.75, 3.05) is 13.7 Å². The first-order valence-electron chi connectivity index (χ1n) is 8.34. The highest BCUT2D eigenvalue weighted by Gasteiger charge is 2.29. The van der Waals surface area contributed by atoms with Crippen LogP contribution in [-0.2, 0) is 17.7 Å². The second kappa shape index (κ2) is 6.70. The van der Waals surface area contributed by atoms with Gasteiger partial charge in [-0.15, -0.1) is 0 Å². The molecular formula is C19H23N3O3. The summed E-state index contributed by atoms with van der Waals surface area (Å²) < 4.78 is 10.9. The molecule has 0 fully saturated rings. The van der Waals surface area contributed by atoms with E-state index in [1.807, 2.05) is 51.1 Å². The fourth-order valence-corrected chi connectivity index (χ4v) is 2.75. The molecule has 0 unspecified atom stereocenters. The summed E-state index contributed by atoms with van der Waals surface area (Å²) in [6.45, 7) is 6.54. The average Bonchev–Trinajstić information content (AvgIpc) is 2.59.